The van der Waals surface area contributed by atoms with Gasteiger partial charge in [-0.15, -0.1) is 0 Å². The standard InChI is InChI=1S/C16H26ClN3O3S/c1-5-15(16(21)18-11-6-12-19(2)3)20(24(4,22)23)14-9-7-13(17)8-10-14/h7-10,15H,5-6,11-12H2,1-4H3,(H,18,21)/t15-/m1/s1. The molecule has 136 valence electrons. The van der Waals surface area contributed by atoms with Gasteiger partial charge in [0.05, 0.1) is 11.9 Å². The van der Waals surface area contributed by atoms with Crippen LogP contribution in [0.2, 0.25) is 5.02 Å². The maximum Gasteiger partial charge on any atom is 0.243 e. The van der Waals surface area contributed by atoms with Crippen LogP contribution in [-0.2, 0) is 14.8 Å². The molecule has 8 heteroatoms. The van der Waals surface area contributed by atoms with E-state index in [4.69, 9.17) is 11.6 Å². The number of nitrogens with zero attached hydrogens (tertiary/aromatic N) is 2. The molecule has 0 spiro atoms. The highest BCUT2D eigenvalue weighted by atomic mass is 35.5. The fraction of sp³-hybridized carbons (Fsp3) is 0.562. The normalized spacial score (nSPS) is 12.9. The van der Waals surface area contributed by atoms with Crippen LogP contribution in [0.15, 0.2) is 24.3 Å². The van der Waals surface area contributed by atoms with Crippen molar-refractivity contribution in [2.24, 2.45) is 0 Å². The van der Waals surface area contributed by atoms with Gasteiger partial charge in [0, 0.05) is 11.6 Å². The van der Waals surface area contributed by atoms with Crippen LogP contribution >= 0.6 is 11.6 Å². The number of sulfonamides is 1. The van der Waals surface area contributed by atoms with Gasteiger partial charge in [0.2, 0.25) is 15.9 Å². The summed E-state index contributed by atoms with van der Waals surface area (Å²) in [4.78, 5) is 14.5. The van der Waals surface area contributed by atoms with E-state index < -0.39 is 16.1 Å². The molecule has 1 atom stereocenters. The zero-order valence-electron chi connectivity index (χ0n) is 14.6. The molecule has 0 heterocycles. The zero-order valence-corrected chi connectivity index (χ0v) is 16.2. The minimum atomic E-state index is -3.61. The number of carbonyl (C=O) groups excluding carboxylic acids is 1. The molecule has 0 fully saturated rings. The third kappa shape index (κ3) is 6.30. The van der Waals surface area contributed by atoms with E-state index in [0.29, 0.717) is 23.7 Å². The third-order valence-corrected chi connectivity index (χ3v) is 4.92. The molecule has 1 N–H and O–H groups in total. The van der Waals surface area contributed by atoms with Gasteiger partial charge in [-0.3, -0.25) is 9.10 Å². The molecule has 0 bridgehead atoms. The van der Waals surface area contributed by atoms with E-state index in [2.05, 4.69) is 5.32 Å². The minimum absolute atomic E-state index is 0.295. The second kappa shape index (κ2) is 9.25. The predicted octanol–water partition coefficient (Wildman–Crippen LogP) is 1.95. The second-order valence-corrected chi connectivity index (χ2v) is 8.20. The second-order valence-electron chi connectivity index (χ2n) is 5.91. The van der Waals surface area contributed by atoms with Gasteiger partial charge < -0.3 is 10.2 Å². The van der Waals surface area contributed by atoms with Crippen LogP contribution in [0.5, 0.6) is 0 Å². The molecule has 0 aromatic heterocycles. The molecule has 0 aliphatic carbocycles. The van der Waals surface area contributed by atoms with E-state index in [1.165, 1.54) is 0 Å². The molecular formula is C16H26ClN3O3S. The summed E-state index contributed by atoms with van der Waals surface area (Å²) in [5.41, 5.74) is 0.428. The number of hydrogen-bond donors (Lipinski definition) is 1. The number of hydrogen-bond acceptors (Lipinski definition) is 4. The highest BCUT2D eigenvalue weighted by Crippen LogP contribution is 2.24. The minimum Gasteiger partial charge on any atom is -0.354 e. The lowest BCUT2D eigenvalue weighted by molar-refractivity contribution is -0.122. The van der Waals surface area contributed by atoms with Gasteiger partial charge in [0.25, 0.3) is 0 Å². The SMILES string of the molecule is CC[C@H](C(=O)NCCCN(C)C)N(c1ccc(Cl)cc1)S(C)(=O)=O. The van der Waals surface area contributed by atoms with Crippen LogP contribution in [0.3, 0.4) is 0 Å². The van der Waals surface area contributed by atoms with E-state index >= 15 is 0 Å². The first-order chi connectivity index (χ1) is 11.2. The fourth-order valence-corrected chi connectivity index (χ4v) is 3.71. The Morgan fingerprint density at radius 3 is 2.29 bits per heavy atom. The molecule has 0 aliphatic heterocycles. The Bertz CT molecular complexity index is 632. The van der Waals surface area contributed by atoms with Gasteiger partial charge in [0.15, 0.2) is 0 Å². The van der Waals surface area contributed by atoms with Crippen LogP contribution < -0.4 is 9.62 Å². The molecule has 6 nitrogen and oxygen atoms in total. The van der Waals surface area contributed by atoms with Crippen molar-refractivity contribution in [1.29, 1.82) is 0 Å². The molecule has 24 heavy (non-hydrogen) atoms. The first kappa shape index (κ1) is 20.7. The molecule has 0 saturated heterocycles. The van der Waals surface area contributed by atoms with E-state index in [0.717, 1.165) is 23.5 Å². The largest absolute Gasteiger partial charge is 0.354 e. The average Bonchev–Trinajstić information content (AvgIpc) is 2.48. The van der Waals surface area contributed by atoms with Crippen molar-refractivity contribution in [3.05, 3.63) is 29.3 Å². The maximum absolute atomic E-state index is 12.5. The quantitative estimate of drug-likeness (QED) is 0.670. The first-order valence-corrected chi connectivity index (χ1v) is 10.1. The molecule has 1 amide bonds. The monoisotopic (exact) mass is 375 g/mol. The fourth-order valence-electron chi connectivity index (χ4n) is 2.37. The summed E-state index contributed by atoms with van der Waals surface area (Å²) >= 11 is 5.87. The number of amides is 1. The molecule has 1 aromatic carbocycles. The number of carbonyl (C=O) groups is 1. The number of halogens is 1. The number of benzene rings is 1. The molecule has 0 unspecified atom stereocenters. The summed E-state index contributed by atoms with van der Waals surface area (Å²) < 4.78 is 25.7. The molecular weight excluding hydrogens is 350 g/mol. The summed E-state index contributed by atoms with van der Waals surface area (Å²) in [6.45, 7) is 3.15. The Morgan fingerprint density at radius 1 is 1.25 bits per heavy atom. The van der Waals surface area contributed by atoms with Crippen molar-refractivity contribution in [2.45, 2.75) is 25.8 Å². The van der Waals surface area contributed by atoms with Crippen molar-refractivity contribution in [3.63, 3.8) is 0 Å². The van der Waals surface area contributed by atoms with Crippen LogP contribution in [0.25, 0.3) is 0 Å². The van der Waals surface area contributed by atoms with Gasteiger partial charge in [-0.05, 0) is 57.7 Å². The average molecular weight is 376 g/mol. The Balaban J connectivity index is 2.93. The molecule has 0 aliphatic rings. The van der Waals surface area contributed by atoms with Crippen molar-refractivity contribution in [2.75, 3.05) is 37.7 Å². The summed E-state index contributed by atoms with van der Waals surface area (Å²) in [6, 6.07) is 5.63. The third-order valence-electron chi connectivity index (χ3n) is 3.49. The Kier molecular flexibility index (Phi) is 7.99. The Hall–Kier alpha value is -1.31. The van der Waals surface area contributed by atoms with E-state index in [-0.39, 0.29) is 5.91 Å². The van der Waals surface area contributed by atoms with Crippen LogP contribution in [-0.4, -0.2) is 58.7 Å². The number of rotatable bonds is 9. The summed E-state index contributed by atoms with van der Waals surface area (Å²) in [5, 5.41) is 3.33. The predicted molar refractivity (Wildman–Crippen MR) is 99.0 cm³/mol. The van der Waals surface area contributed by atoms with Gasteiger partial charge >= 0.3 is 0 Å². The van der Waals surface area contributed by atoms with E-state index in [9.17, 15) is 13.2 Å². The van der Waals surface area contributed by atoms with Gasteiger partial charge in [0.1, 0.15) is 6.04 Å². The number of anilines is 1. The van der Waals surface area contributed by atoms with Crippen molar-refractivity contribution in [1.82, 2.24) is 10.2 Å². The summed E-state index contributed by atoms with van der Waals surface area (Å²) in [6.07, 6.45) is 2.27. The van der Waals surface area contributed by atoms with Gasteiger partial charge in [-0.25, -0.2) is 8.42 Å². The maximum atomic E-state index is 12.5. The van der Waals surface area contributed by atoms with Crippen LogP contribution in [0.4, 0.5) is 5.69 Å². The van der Waals surface area contributed by atoms with Crippen molar-refractivity contribution in [3.8, 4) is 0 Å². The lowest BCUT2D eigenvalue weighted by atomic mass is 10.2. The van der Waals surface area contributed by atoms with E-state index in [1.807, 2.05) is 19.0 Å². The highest BCUT2D eigenvalue weighted by molar-refractivity contribution is 7.92. The Labute approximate surface area is 149 Å². The van der Waals surface area contributed by atoms with Gasteiger partial charge in [-0.2, -0.15) is 0 Å². The lowest BCUT2D eigenvalue weighted by Gasteiger charge is -2.30. The van der Waals surface area contributed by atoms with Crippen molar-refractivity contribution >= 4 is 33.2 Å². The zero-order chi connectivity index (χ0) is 18.3. The topological polar surface area (TPSA) is 69.7 Å². The van der Waals surface area contributed by atoms with Gasteiger partial charge in [-0.1, -0.05) is 18.5 Å². The molecule has 0 radical (unpaired) electrons. The smallest absolute Gasteiger partial charge is 0.243 e. The lowest BCUT2D eigenvalue weighted by Crippen LogP contribution is -2.49. The first-order valence-electron chi connectivity index (χ1n) is 7.84. The summed E-state index contributed by atoms with van der Waals surface area (Å²) in [7, 11) is 0.312. The van der Waals surface area contributed by atoms with Crippen LogP contribution in [0, 0.1) is 0 Å². The van der Waals surface area contributed by atoms with E-state index in [1.54, 1.807) is 31.2 Å². The van der Waals surface area contributed by atoms with Crippen molar-refractivity contribution < 1.29 is 13.2 Å². The summed E-state index contributed by atoms with van der Waals surface area (Å²) in [5.74, 6) is -0.295. The number of nitrogens with one attached hydrogen (secondary N) is 1. The molecule has 0 saturated carbocycles. The Morgan fingerprint density at radius 2 is 1.83 bits per heavy atom. The molecule has 1 rings (SSSR count). The van der Waals surface area contributed by atoms with Crippen LogP contribution in [0.1, 0.15) is 19.8 Å². The molecule has 1 aromatic rings. The highest BCUT2D eigenvalue weighted by Gasteiger charge is 2.31.